The SMILES string of the molecule is CCCn1cc(NC(C)C(C)(C)C)cn1. The molecule has 1 unspecified atom stereocenters. The Balaban J connectivity index is 2.57. The monoisotopic (exact) mass is 209 g/mol. The van der Waals surface area contributed by atoms with Crippen LogP contribution < -0.4 is 5.32 Å². The second-order valence-corrected chi connectivity index (χ2v) is 5.22. The number of hydrogen-bond donors (Lipinski definition) is 1. The van der Waals surface area contributed by atoms with Crippen molar-refractivity contribution >= 4 is 5.69 Å². The van der Waals surface area contributed by atoms with Crippen LogP contribution in [0.2, 0.25) is 0 Å². The molecule has 0 radical (unpaired) electrons. The Morgan fingerprint density at radius 1 is 1.47 bits per heavy atom. The van der Waals surface area contributed by atoms with Crippen LogP contribution in [-0.2, 0) is 6.54 Å². The van der Waals surface area contributed by atoms with Gasteiger partial charge in [0.25, 0.3) is 0 Å². The van der Waals surface area contributed by atoms with E-state index < -0.39 is 0 Å². The molecule has 0 bridgehead atoms. The number of rotatable bonds is 4. The highest BCUT2D eigenvalue weighted by Crippen LogP contribution is 2.22. The van der Waals surface area contributed by atoms with Gasteiger partial charge in [-0.2, -0.15) is 5.10 Å². The summed E-state index contributed by atoms with van der Waals surface area (Å²) in [5.74, 6) is 0. The molecule has 0 aliphatic carbocycles. The van der Waals surface area contributed by atoms with Gasteiger partial charge in [0.2, 0.25) is 0 Å². The van der Waals surface area contributed by atoms with E-state index in [-0.39, 0.29) is 5.41 Å². The first kappa shape index (κ1) is 12.1. The molecular weight excluding hydrogens is 186 g/mol. The summed E-state index contributed by atoms with van der Waals surface area (Å²) in [5.41, 5.74) is 1.39. The van der Waals surface area contributed by atoms with Crippen LogP contribution in [0.1, 0.15) is 41.0 Å². The minimum atomic E-state index is 0.271. The maximum Gasteiger partial charge on any atom is 0.0728 e. The zero-order valence-corrected chi connectivity index (χ0v) is 10.5. The van der Waals surface area contributed by atoms with Crippen molar-refractivity contribution in [2.75, 3.05) is 5.32 Å². The van der Waals surface area contributed by atoms with Gasteiger partial charge in [-0.05, 0) is 18.8 Å². The van der Waals surface area contributed by atoms with E-state index in [1.807, 2.05) is 10.9 Å². The minimum absolute atomic E-state index is 0.271. The van der Waals surface area contributed by atoms with Gasteiger partial charge in [0.05, 0.1) is 11.9 Å². The van der Waals surface area contributed by atoms with Crippen molar-refractivity contribution in [3.05, 3.63) is 12.4 Å². The third-order valence-electron chi connectivity index (χ3n) is 2.77. The first-order valence-electron chi connectivity index (χ1n) is 5.72. The Bertz CT molecular complexity index is 296. The van der Waals surface area contributed by atoms with E-state index in [0.29, 0.717) is 6.04 Å². The van der Waals surface area contributed by atoms with Gasteiger partial charge in [0.1, 0.15) is 0 Å². The third kappa shape index (κ3) is 3.57. The van der Waals surface area contributed by atoms with Crippen LogP contribution in [0.5, 0.6) is 0 Å². The fourth-order valence-electron chi connectivity index (χ4n) is 1.26. The summed E-state index contributed by atoms with van der Waals surface area (Å²) in [6.07, 6.45) is 5.10. The van der Waals surface area contributed by atoms with Crippen LogP contribution in [0.3, 0.4) is 0 Å². The molecule has 3 heteroatoms. The average Bonchev–Trinajstić information content (AvgIpc) is 2.51. The topological polar surface area (TPSA) is 29.9 Å². The fourth-order valence-corrected chi connectivity index (χ4v) is 1.26. The minimum Gasteiger partial charge on any atom is -0.380 e. The molecule has 0 saturated carbocycles. The molecule has 0 spiro atoms. The van der Waals surface area contributed by atoms with Crippen LogP contribution in [-0.4, -0.2) is 15.8 Å². The molecule has 1 aromatic rings. The van der Waals surface area contributed by atoms with Crippen LogP contribution in [0, 0.1) is 5.41 Å². The van der Waals surface area contributed by atoms with Gasteiger partial charge in [-0.3, -0.25) is 4.68 Å². The van der Waals surface area contributed by atoms with Gasteiger partial charge >= 0.3 is 0 Å². The number of nitrogens with zero attached hydrogens (tertiary/aromatic N) is 2. The van der Waals surface area contributed by atoms with Crippen LogP contribution in [0.25, 0.3) is 0 Å². The largest absolute Gasteiger partial charge is 0.380 e. The van der Waals surface area contributed by atoms with E-state index in [2.05, 4.69) is 51.2 Å². The van der Waals surface area contributed by atoms with Crippen molar-refractivity contribution in [1.29, 1.82) is 0 Å². The zero-order chi connectivity index (χ0) is 11.5. The van der Waals surface area contributed by atoms with Crippen molar-refractivity contribution in [2.45, 2.75) is 53.6 Å². The Morgan fingerprint density at radius 3 is 2.67 bits per heavy atom. The van der Waals surface area contributed by atoms with Gasteiger partial charge in [-0.1, -0.05) is 27.7 Å². The van der Waals surface area contributed by atoms with E-state index >= 15 is 0 Å². The average molecular weight is 209 g/mol. The zero-order valence-electron chi connectivity index (χ0n) is 10.5. The molecule has 0 fully saturated rings. The quantitative estimate of drug-likeness (QED) is 0.825. The van der Waals surface area contributed by atoms with Gasteiger partial charge in [-0.25, -0.2) is 0 Å². The van der Waals surface area contributed by atoms with Crippen molar-refractivity contribution < 1.29 is 0 Å². The number of anilines is 1. The first-order valence-corrected chi connectivity index (χ1v) is 5.72. The summed E-state index contributed by atoms with van der Waals surface area (Å²) in [5, 5.41) is 7.77. The van der Waals surface area contributed by atoms with Crippen molar-refractivity contribution in [1.82, 2.24) is 9.78 Å². The lowest BCUT2D eigenvalue weighted by Crippen LogP contribution is -2.30. The summed E-state index contributed by atoms with van der Waals surface area (Å²) in [6, 6.07) is 0.441. The lowest BCUT2D eigenvalue weighted by Gasteiger charge is -2.28. The van der Waals surface area contributed by atoms with Crippen molar-refractivity contribution in [3.63, 3.8) is 0 Å². The van der Waals surface area contributed by atoms with Gasteiger partial charge in [-0.15, -0.1) is 0 Å². The van der Waals surface area contributed by atoms with E-state index in [9.17, 15) is 0 Å². The molecule has 1 rings (SSSR count). The summed E-state index contributed by atoms with van der Waals surface area (Å²) >= 11 is 0. The summed E-state index contributed by atoms with van der Waals surface area (Å²) < 4.78 is 1.98. The predicted molar refractivity (Wildman–Crippen MR) is 65.1 cm³/mol. The first-order chi connectivity index (χ1) is 6.93. The van der Waals surface area contributed by atoms with Gasteiger partial charge in [0, 0.05) is 18.8 Å². The predicted octanol–water partition coefficient (Wildman–Crippen LogP) is 3.14. The summed E-state index contributed by atoms with van der Waals surface area (Å²) in [6.45, 7) is 12.1. The molecule has 1 N–H and O–H groups in total. The van der Waals surface area contributed by atoms with Crippen LogP contribution >= 0.6 is 0 Å². The number of hydrogen-bond acceptors (Lipinski definition) is 2. The molecule has 1 aromatic heterocycles. The Morgan fingerprint density at radius 2 is 2.13 bits per heavy atom. The molecule has 1 heterocycles. The lowest BCUT2D eigenvalue weighted by atomic mass is 9.88. The Hall–Kier alpha value is -0.990. The van der Waals surface area contributed by atoms with E-state index in [4.69, 9.17) is 0 Å². The van der Waals surface area contributed by atoms with Crippen molar-refractivity contribution in [3.8, 4) is 0 Å². The smallest absolute Gasteiger partial charge is 0.0728 e. The highest BCUT2D eigenvalue weighted by atomic mass is 15.3. The molecule has 0 aliphatic rings. The number of aryl methyl sites for hydroxylation is 1. The summed E-state index contributed by atoms with van der Waals surface area (Å²) in [7, 11) is 0. The molecule has 15 heavy (non-hydrogen) atoms. The summed E-state index contributed by atoms with van der Waals surface area (Å²) in [4.78, 5) is 0. The molecule has 0 amide bonds. The maximum atomic E-state index is 4.30. The second kappa shape index (κ2) is 4.69. The molecule has 0 saturated heterocycles. The number of aromatic nitrogens is 2. The molecular formula is C12H23N3. The Labute approximate surface area is 92.9 Å². The van der Waals surface area contributed by atoms with Gasteiger partial charge < -0.3 is 5.32 Å². The maximum absolute atomic E-state index is 4.30. The van der Waals surface area contributed by atoms with Crippen LogP contribution in [0.4, 0.5) is 5.69 Å². The van der Waals surface area contributed by atoms with E-state index in [1.165, 1.54) is 0 Å². The Kier molecular flexibility index (Phi) is 3.77. The van der Waals surface area contributed by atoms with Gasteiger partial charge in [0.15, 0.2) is 0 Å². The molecule has 0 aliphatic heterocycles. The standard InChI is InChI=1S/C12H23N3/c1-6-7-15-9-11(8-13-15)14-10(2)12(3,4)5/h8-10,14H,6-7H2,1-5H3. The highest BCUT2D eigenvalue weighted by Gasteiger charge is 2.19. The van der Waals surface area contributed by atoms with E-state index in [1.54, 1.807) is 0 Å². The third-order valence-corrected chi connectivity index (χ3v) is 2.77. The fraction of sp³-hybridized carbons (Fsp3) is 0.750. The van der Waals surface area contributed by atoms with E-state index in [0.717, 1.165) is 18.7 Å². The second-order valence-electron chi connectivity index (χ2n) is 5.22. The molecule has 3 nitrogen and oxygen atoms in total. The normalized spacial score (nSPS) is 13.9. The highest BCUT2D eigenvalue weighted by molar-refractivity contribution is 5.39. The van der Waals surface area contributed by atoms with Crippen LogP contribution in [0.15, 0.2) is 12.4 Å². The molecule has 86 valence electrons. The van der Waals surface area contributed by atoms with Crippen molar-refractivity contribution in [2.24, 2.45) is 5.41 Å². The lowest BCUT2D eigenvalue weighted by molar-refractivity contribution is 0.359. The molecule has 0 aromatic carbocycles. The molecule has 1 atom stereocenters. The number of nitrogens with one attached hydrogen (secondary N) is 1.